The highest BCUT2D eigenvalue weighted by Gasteiger charge is 2.16. The molecule has 6 nitrogen and oxygen atoms in total. The third-order valence-electron chi connectivity index (χ3n) is 4.09. The van der Waals surface area contributed by atoms with Gasteiger partial charge >= 0.3 is 0 Å². The van der Waals surface area contributed by atoms with Crippen molar-refractivity contribution in [2.45, 2.75) is 27.7 Å². The summed E-state index contributed by atoms with van der Waals surface area (Å²) in [6.07, 6.45) is 0. The minimum atomic E-state index is -0.329. The molecule has 0 bridgehead atoms. The molecule has 1 aromatic heterocycles. The Labute approximate surface area is 152 Å². The molecule has 6 heteroatoms. The van der Waals surface area contributed by atoms with E-state index in [0.29, 0.717) is 11.4 Å². The van der Waals surface area contributed by atoms with Gasteiger partial charge in [-0.25, -0.2) is 4.63 Å². The SMILES string of the molecule is Cc1cc(C)cc(OCC(=O)Nc2nonc2-c2ccc(C)c(C)c2)c1. The first-order chi connectivity index (χ1) is 12.4. The second-order valence-corrected chi connectivity index (χ2v) is 6.42. The van der Waals surface area contributed by atoms with E-state index in [0.717, 1.165) is 22.3 Å². The fourth-order valence-corrected chi connectivity index (χ4v) is 2.68. The molecule has 0 aliphatic rings. The molecule has 1 amide bonds. The molecule has 0 unspecified atom stereocenters. The van der Waals surface area contributed by atoms with Crippen molar-refractivity contribution in [1.29, 1.82) is 0 Å². The quantitative estimate of drug-likeness (QED) is 0.752. The lowest BCUT2D eigenvalue weighted by Gasteiger charge is -2.08. The molecule has 3 aromatic rings. The molecule has 3 rings (SSSR count). The fourth-order valence-electron chi connectivity index (χ4n) is 2.68. The average molecular weight is 351 g/mol. The summed E-state index contributed by atoms with van der Waals surface area (Å²) in [7, 11) is 0. The Kier molecular flexibility index (Phi) is 5.02. The zero-order valence-electron chi connectivity index (χ0n) is 15.3. The average Bonchev–Trinajstić information content (AvgIpc) is 3.03. The molecule has 0 atom stereocenters. The van der Waals surface area contributed by atoms with Crippen LogP contribution in [0.3, 0.4) is 0 Å². The summed E-state index contributed by atoms with van der Waals surface area (Å²) in [4.78, 5) is 12.2. The molecule has 2 aromatic carbocycles. The smallest absolute Gasteiger partial charge is 0.263 e. The first kappa shape index (κ1) is 17.7. The Morgan fingerprint density at radius 2 is 1.73 bits per heavy atom. The van der Waals surface area contributed by atoms with Gasteiger partial charge in [0, 0.05) is 5.56 Å². The van der Waals surface area contributed by atoms with E-state index in [1.165, 1.54) is 5.56 Å². The van der Waals surface area contributed by atoms with Crippen LogP contribution in [0.15, 0.2) is 41.0 Å². The van der Waals surface area contributed by atoms with Crippen molar-refractivity contribution in [1.82, 2.24) is 10.3 Å². The maximum atomic E-state index is 12.2. The molecule has 0 fully saturated rings. The van der Waals surface area contributed by atoms with Crippen LogP contribution in [0, 0.1) is 27.7 Å². The van der Waals surface area contributed by atoms with Crippen LogP contribution in [0.2, 0.25) is 0 Å². The van der Waals surface area contributed by atoms with Crippen LogP contribution in [0.1, 0.15) is 22.3 Å². The van der Waals surface area contributed by atoms with E-state index >= 15 is 0 Å². The predicted molar refractivity (Wildman–Crippen MR) is 99.2 cm³/mol. The number of aryl methyl sites for hydroxylation is 4. The highest BCUT2D eigenvalue weighted by molar-refractivity contribution is 5.94. The Morgan fingerprint density at radius 1 is 1.00 bits per heavy atom. The number of aromatic nitrogens is 2. The van der Waals surface area contributed by atoms with E-state index in [4.69, 9.17) is 9.37 Å². The van der Waals surface area contributed by atoms with Gasteiger partial charge < -0.3 is 10.1 Å². The van der Waals surface area contributed by atoms with Gasteiger partial charge in [-0.05, 0) is 78.5 Å². The van der Waals surface area contributed by atoms with Crippen LogP contribution in [0.25, 0.3) is 11.3 Å². The minimum absolute atomic E-state index is 0.123. The number of carbonyl (C=O) groups excluding carboxylic acids is 1. The molecule has 0 aliphatic heterocycles. The highest BCUT2D eigenvalue weighted by atomic mass is 16.6. The summed E-state index contributed by atoms with van der Waals surface area (Å²) in [5.41, 5.74) is 5.79. The van der Waals surface area contributed by atoms with Gasteiger partial charge in [0.05, 0.1) is 0 Å². The monoisotopic (exact) mass is 351 g/mol. The van der Waals surface area contributed by atoms with Gasteiger partial charge in [-0.2, -0.15) is 0 Å². The van der Waals surface area contributed by atoms with Gasteiger partial charge in [0.1, 0.15) is 5.75 Å². The van der Waals surface area contributed by atoms with Gasteiger partial charge in [-0.15, -0.1) is 0 Å². The van der Waals surface area contributed by atoms with Gasteiger partial charge in [0.25, 0.3) is 5.91 Å². The van der Waals surface area contributed by atoms with Crippen molar-refractivity contribution in [2.75, 3.05) is 11.9 Å². The molecule has 0 saturated carbocycles. The molecule has 134 valence electrons. The molecular weight excluding hydrogens is 330 g/mol. The van der Waals surface area contributed by atoms with E-state index in [2.05, 4.69) is 15.6 Å². The van der Waals surface area contributed by atoms with E-state index in [-0.39, 0.29) is 18.3 Å². The van der Waals surface area contributed by atoms with Crippen LogP contribution >= 0.6 is 0 Å². The van der Waals surface area contributed by atoms with Crippen molar-refractivity contribution in [2.24, 2.45) is 0 Å². The zero-order chi connectivity index (χ0) is 18.7. The molecule has 26 heavy (non-hydrogen) atoms. The zero-order valence-corrected chi connectivity index (χ0v) is 15.3. The van der Waals surface area contributed by atoms with Crippen molar-refractivity contribution in [3.63, 3.8) is 0 Å². The van der Waals surface area contributed by atoms with Gasteiger partial charge in [-0.3, -0.25) is 4.79 Å². The van der Waals surface area contributed by atoms with Crippen LogP contribution in [-0.4, -0.2) is 22.8 Å². The lowest BCUT2D eigenvalue weighted by Crippen LogP contribution is -2.20. The van der Waals surface area contributed by atoms with E-state index in [1.807, 2.05) is 64.1 Å². The van der Waals surface area contributed by atoms with Gasteiger partial charge in [-0.1, -0.05) is 18.2 Å². The number of nitrogens with zero attached hydrogens (tertiary/aromatic N) is 2. The maximum absolute atomic E-state index is 12.2. The molecular formula is C20H21N3O3. The first-order valence-corrected chi connectivity index (χ1v) is 8.33. The topological polar surface area (TPSA) is 77.2 Å². The largest absolute Gasteiger partial charge is 0.484 e. The lowest BCUT2D eigenvalue weighted by molar-refractivity contribution is -0.118. The number of carbonyl (C=O) groups is 1. The second kappa shape index (κ2) is 7.39. The van der Waals surface area contributed by atoms with Gasteiger partial charge in [0.15, 0.2) is 12.3 Å². The van der Waals surface area contributed by atoms with Crippen molar-refractivity contribution >= 4 is 11.7 Å². The third-order valence-corrected chi connectivity index (χ3v) is 4.09. The van der Waals surface area contributed by atoms with Crippen LogP contribution in [0.5, 0.6) is 5.75 Å². The molecule has 0 aliphatic carbocycles. The number of benzene rings is 2. The minimum Gasteiger partial charge on any atom is -0.484 e. The van der Waals surface area contributed by atoms with E-state index in [1.54, 1.807) is 0 Å². The molecule has 0 spiro atoms. The van der Waals surface area contributed by atoms with E-state index in [9.17, 15) is 4.79 Å². The predicted octanol–water partition coefficient (Wildman–Crippen LogP) is 3.99. The molecule has 1 N–H and O–H groups in total. The van der Waals surface area contributed by atoms with Crippen LogP contribution < -0.4 is 10.1 Å². The number of rotatable bonds is 5. The molecule has 0 saturated heterocycles. The number of hydrogen-bond donors (Lipinski definition) is 1. The number of hydrogen-bond acceptors (Lipinski definition) is 5. The third kappa shape index (κ3) is 4.08. The summed E-state index contributed by atoms with van der Waals surface area (Å²) < 4.78 is 10.4. The number of amides is 1. The first-order valence-electron chi connectivity index (χ1n) is 8.33. The summed E-state index contributed by atoms with van der Waals surface area (Å²) in [5, 5.41) is 10.4. The summed E-state index contributed by atoms with van der Waals surface area (Å²) >= 11 is 0. The van der Waals surface area contributed by atoms with Gasteiger partial charge in [0.2, 0.25) is 5.82 Å². The normalized spacial score (nSPS) is 10.6. The number of ether oxygens (including phenoxy) is 1. The van der Waals surface area contributed by atoms with Crippen LogP contribution in [-0.2, 0) is 4.79 Å². The maximum Gasteiger partial charge on any atom is 0.263 e. The molecule has 1 heterocycles. The molecule has 0 radical (unpaired) electrons. The summed E-state index contributed by atoms with van der Waals surface area (Å²) in [6, 6.07) is 11.7. The number of anilines is 1. The Hall–Kier alpha value is -3.15. The summed E-state index contributed by atoms with van der Waals surface area (Å²) in [6.45, 7) is 7.89. The fraction of sp³-hybridized carbons (Fsp3) is 0.250. The van der Waals surface area contributed by atoms with Crippen molar-refractivity contribution < 1.29 is 14.2 Å². The van der Waals surface area contributed by atoms with Crippen LogP contribution in [0.4, 0.5) is 5.82 Å². The Balaban J connectivity index is 1.68. The standard InChI is InChI=1S/C20H21N3O3/c1-12-7-13(2)9-17(8-12)25-11-18(24)21-20-19(22-26-23-20)16-6-5-14(3)15(4)10-16/h5-10H,11H2,1-4H3,(H,21,23,24). The number of nitrogens with one attached hydrogen (secondary N) is 1. The Morgan fingerprint density at radius 3 is 2.42 bits per heavy atom. The summed E-state index contributed by atoms with van der Waals surface area (Å²) in [5.74, 6) is 0.609. The highest BCUT2D eigenvalue weighted by Crippen LogP contribution is 2.26. The van der Waals surface area contributed by atoms with Crippen molar-refractivity contribution in [3.8, 4) is 17.0 Å². The Bertz CT molecular complexity index is 927. The second-order valence-electron chi connectivity index (χ2n) is 6.42. The van der Waals surface area contributed by atoms with Crippen molar-refractivity contribution in [3.05, 3.63) is 58.7 Å². The van der Waals surface area contributed by atoms with E-state index < -0.39 is 0 Å². The lowest BCUT2D eigenvalue weighted by atomic mass is 10.0.